The van der Waals surface area contributed by atoms with E-state index in [-0.39, 0.29) is 37.0 Å². The van der Waals surface area contributed by atoms with Gasteiger partial charge in [0.25, 0.3) is 0 Å². The molecule has 3 amide bonds. The van der Waals surface area contributed by atoms with E-state index in [4.69, 9.17) is 4.74 Å². The van der Waals surface area contributed by atoms with Crippen molar-refractivity contribution in [3.05, 3.63) is 0 Å². The van der Waals surface area contributed by atoms with Gasteiger partial charge in [-0.25, -0.2) is 4.79 Å². The number of carbonyl (C=O) groups excluding carboxylic acids is 3. The second-order valence-electron chi connectivity index (χ2n) is 8.23. The van der Waals surface area contributed by atoms with Crippen molar-refractivity contribution in [2.75, 3.05) is 13.1 Å². The molecule has 0 aliphatic carbocycles. The highest BCUT2D eigenvalue weighted by Gasteiger charge is 2.44. The van der Waals surface area contributed by atoms with Crippen LogP contribution in [0.15, 0.2) is 0 Å². The van der Waals surface area contributed by atoms with Crippen molar-refractivity contribution in [1.29, 1.82) is 0 Å². The normalized spacial score (nSPS) is 22.5. The molecule has 4 atom stereocenters. The van der Waals surface area contributed by atoms with Crippen LogP contribution in [0.25, 0.3) is 0 Å². The highest BCUT2D eigenvalue weighted by Crippen LogP contribution is 2.26. The lowest BCUT2D eigenvalue weighted by Gasteiger charge is -2.24. The van der Waals surface area contributed by atoms with Gasteiger partial charge in [-0.3, -0.25) is 9.59 Å². The van der Waals surface area contributed by atoms with Crippen molar-refractivity contribution in [3.8, 4) is 0 Å². The molecule has 0 aromatic rings. The molecule has 1 aliphatic rings. The molecule has 0 aromatic carbocycles. The largest absolute Gasteiger partial charge is 0.444 e. The Bertz CT molecular complexity index is 483. The zero-order chi connectivity index (χ0) is 20.1. The van der Waals surface area contributed by atoms with Crippen LogP contribution in [0.1, 0.15) is 61.3 Å². The molecule has 1 heterocycles. The monoisotopic (exact) mass is 369 g/mol. The van der Waals surface area contributed by atoms with Gasteiger partial charge in [0.2, 0.25) is 11.8 Å². The van der Waals surface area contributed by atoms with E-state index in [1.165, 1.54) is 4.90 Å². The molecule has 7 nitrogen and oxygen atoms in total. The summed E-state index contributed by atoms with van der Waals surface area (Å²) in [5.41, 5.74) is -0.622. The number of carbonyl (C=O) groups is 3. The molecule has 0 unspecified atom stereocenters. The molecular weight excluding hydrogens is 334 g/mol. The second kappa shape index (κ2) is 9.24. The molecule has 1 fully saturated rings. The van der Waals surface area contributed by atoms with Gasteiger partial charge in [0.05, 0.1) is 11.8 Å². The summed E-state index contributed by atoms with van der Waals surface area (Å²) in [6, 6.07) is 0.0488. The van der Waals surface area contributed by atoms with Crippen LogP contribution in [0.4, 0.5) is 4.79 Å². The Morgan fingerprint density at radius 2 is 1.35 bits per heavy atom. The Morgan fingerprint density at radius 1 is 0.962 bits per heavy atom. The first-order valence-corrected chi connectivity index (χ1v) is 9.57. The minimum Gasteiger partial charge on any atom is -0.444 e. The fourth-order valence-corrected chi connectivity index (χ4v) is 2.71. The third-order valence-corrected chi connectivity index (χ3v) is 4.65. The van der Waals surface area contributed by atoms with Crippen molar-refractivity contribution < 1.29 is 19.1 Å². The maximum atomic E-state index is 12.7. The SMILES string of the molecule is CC[C@@H](C)NC(=O)[C@H]1CN(C(=O)OC(C)(C)C)C[C@@H]1C(=O)N[C@H](C)CC. The molecule has 1 rings (SSSR count). The Kier molecular flexibility index (Phi) is 7.90. The minimum atomic E-state index is -0.622. The van der Waals surface area contributed by atoms with Gasteiger partial charge in [0.1, 0.15) is 5.60 Å². The Morgan fingerprint density at radius 3 is 1.65 bits per heavy atom. The van der Waals surface area contributed by atoms with E-state index in [0.717, 1.165) is 12.8 Å². The number of amides is 3. The highest BCUT2D eigenvalue weighted by molar-refractivity contribution is 5.90. The summed E-state index contributed by atoms with van der Waals surface area (Å²) in [7, 11) is 0. The predicted molar refractivity (Wildman–Crippen MR) is 101 cm³/mol. The van der Waals surface area contributed by atoms with Crippen molar-refractivity contribution in [2.45, 2.75) is 79.0 Å². The second-order valence-corrected chi connectivity index (χ2v) is 8.23. The van der Waals surface area contributed by atoms with Gasteiger partial charge in [-0.05, 0) is 47.5 Å². The van der Waals surface area contributed by atoms with Crippen molar-refractivity contribution in [3.63, 3.8) is 0 Å². The average molecular weight is 370 g/mol. The summed E-state index contributed by atoms with van der Waals surface area (Å²) in [4.78, 5) is 39.2. The minimum absolute atomic E-state index is 0.0244. The summed E-state index contributed by atoms with van der Waals surface area (Å²) in [6.45, 7) is 13.6. The number of hydrogen-bond donors (Lipinski definition) is 2. The average Bonchev–Trinajstić information content (AvgIpc) is 2.98. The number of hydrogen-bond acceptors (Lipinski definition) is 4. The third-order valence-electron chi connectivity index (χ3n) is 4.65. The predicted octanol–water partition coefficient (Wildman–Crippen LogP) is 2.30. The van der Waals surface area contributed by atoms with E-state index >= 15 is 0 Å². The zero-order valence-corrected chi connectivity index (χ0v) is 17.2. The smallest absolute Gasteiger partial charge is 0.410 e. The zero-order valence-electron chi connectivity index (χ0n) is 17.2. The molecule has 2 N–H and O–H groups in total. The van der Waals surface area contributed by atoms with E-state index in [1.54, 1.807) is 20.8 Å². The van der Waals surface area contributed by atoms with E-state index in [9.17, 15) is 14.4 Å². The molecule has 0 saturated carbocycles. The van der Waals surface area contributed by atoms with Gasteiger partial charge < -0.3 is 20.3 Å². The maximum absolute atomic E-state index is 12.7. The summed E-state index contributed by atoms with van der Waals surface area (Å²) >= 11 is 0. The van der Waals surface area contributed by atoms with Crippen molar-refractivity contribution >= 4 is 17.9 Å². The highest BCUT2D eigenvalue weighted by atomic mass is 16.6. The van der Waals surface area contributed by atoms with Gasteiger partial charge in [-0.15, -0.1) is 0 Å². The quantitative estimate of drug-likeness (QED) is 0.752. The lowest BCUT2D eigenvalue weighted by Crippen LogP contribution is -2.45. The number of nitrogens with one attached hydrogen (secondary N) is 2. The van der Waals surface area contributed by atoms with Crippen LogP contribution in [-0.2, 0) is 14.3 Å². The Balaban J connectivity index is 2.92. The van der Waals surface area contributed by atoms with Gasteiger partial charge in [0.15, 0.2) is 0 Å². The molecule has 0 bridgehead atoms. The summed E-state index contributed by atoms with van der Waals surface area (Å²) in [6.07, 6.45) is 1.12. The molecule has 1 saturated heterocycles. The molecule has 0 radical (unpaired) electrons. The number of likely N-dealkylation sites (tertiary alicyclic amines) is 1. The maximum Gasteiger partial charge on any atom is 0.410 e. The van der Waals surface area contributed by atoms with Gasteiger partial charge >= 0.3 is 6.09 Å². The van der Waals surface area contributed by atoms with Crippen LogP contribution in [0, 0.1) is 11.8 Å². The molecule has 0 aromatic heterocycles. The fraction of sp³-hybridized carbons (Fsp3) is 0.842. The number of nitrogens with zero attached hydrogens (tertiary/aromatic N) is 1. The van der Waals surface area contributed by atoms with E-state index in [2.05, 4.69) is 10.6 Å². The third kappa shape index (κ3) is 6.50. The van der Waals surface area contributed by atoms with Gasteiger partial charge in [0, 0.05) is 25.2 Å². The Hall–Kier alpha value is -1.79. The first-order chi connectivity index (χ1) is 12.0. The molecule has 7 heteroatoms. The summed E-state index contributed by atoms with van der Waals surface area (Å²) in [5.74, 6) is -1.51. The molecule has 26 heavy (non-hydrogen) atoms. The number of ether oxygens (including phenoxy) is 1. The number of rotatable bonds is 6. The molecule has 1 aliphatic heterocycles. The molecule has 0 spiro atoms. The van der Waals surface area contributed by atoms with Crippen LogP contribution < -0.4 is 10.6 Å². The standard InChI is InChI=1S/C19H35N3O4/c1-8-12(3)20-16(23)14-10-22(18(25)26-19(5,6)7)11-15(14)17(24)21-13(4)9-2/h12-15H,8-11H2,1-7H3,(H,20,23)(H,21,24)/t12-,13-,14+,15+/m1/s1. The lowest BCUT2D eigenvalue weighted by molar-refractivity contribution is -0.133. The lowest BCUT2D eigenvalue weighted by atomic mass is 9.93. The summed E-state index contributed by atoms with van der Waals surface area (Å²) < 4.78 is 5.41. The Labute approximate surface area is 157 Å². The van der Waals surface area contributed by atoms with Crippen LogP contribution in [0.2, 0.25) is 0 Å². The molecule has 150 valence electrons. The fourth-order valence-electron chi connectivity index (χ4n) is 2.71. The van der Waals surface area contributed by atoms with Crippen LogP contribution in [-0.4, -0.2) is 53.6 Å². The first-order valence-electron chi connectivity index (χ1n) is 9.57. The first kappa shape index (κ1) is 22.3. The molecular formula is C19H35N3O4. The van der Waals surface area contributed by atoms with E-state index < -0.39 is 23.5 Å². The van der Waals surface area contributed by atoms with Gasteiger partial charge in [-0.1, -0.05) is 13.8 Å². The van der Waals surface area contributed by atoms with Crippen LogP contribution >= 0.6 is 0 Å². The van der Waals surface area contributed by atoms with E-state index in [1.807, 2.05) is 27.7 Å². The van der Waals surface area contributed by atoms with Gasteiger partial charge in [-0.2, -0.15) is 0 Å². The topological polar surface area (TPSA) is 87.7 Å². The van der Waals surface area contributed by atoms with Crippen molar-refractivity contribution in [2.24, 2.45) is 11.8 Å². The summed E-state index contributed by atoms with van der Waals surface area (Å²) in [5, 5.41) is 5.87. The van der Waals surface area contributed by atoms with Crippen LogP contribution in [0.5, 0.6) is 0 Å². The van der Waals surface area contributed by atoms with Crippen molar-refractivity contribution in [1.82, 2.24) is 15.5 Å². The van der Waals surface area contributed by atoms with Crippen LogP contribution in [0.3, 0.4) is 0 Å². The van der Waals surface area contributed by atoms with E-state index in [0.29, 0.717) is 0 Å².